The van der Waals surface area contributed by atoms with Gasteiger partial charge in [-0.3, -0.25) is 14.3 Å². The quantitative estimate of drug-likeness (QED) is 0.786. The minimum absolute atomic E-state index is 0.231. The highest BCUT2D eigenvalue weighted by Gasteiger charge is 2.75. The fourth-order valence-electron chi connectivity index (χ4n) is 4.02. The van der Waals surface area contributed by atoms with Gasteiger partial charge in [-0.05, 0) is 40.0 Å². The number of nitrogens with one attached hydrogen (secondary N) is 1. The summed E-state index contributed by atoms with van der Waals surface area (Å²) in [7, 11) is 1.69. The van der Waals surface area contributed by atoms with E-state index >= 15 is 0 Å². The van der Waals surface area contributed by atoms with Crippen molar-refractivity contribution in [2.45, 2.75) is 71.6 Å². The van der Waals surface area contributed by atoms with Crippen molar-refractivity contribution in [2.24, 2.45) is 10.8 Å². The van der Waals surface area contributed by atoms with Crippen LogP contribution >= 0.6 is 0 Å². The predicted octanol–water partition coefficient (Wildman–Crippen LogP) is 2.76. The molecule has 7 nitrogen and oxygen atoms in total. The Kier molecular flexibility index (Phi) is 4.22. The van der Waals surface area contributed by atoms with Crippen LogP contribution in [0, 0.1) is 10.8 Å². The van der Waals surface area contributed by atoms with Crippen molar-refractivity contribution in [3.63, 3.8) is 0 Å². The molecule has 0 aromatic carbocycles. The number of esters is 1. The number of rotatable bonds is 6. The van der Waals surface area contributed by atoms with Crippen LogP contribution in [0.3, 0.4) is 0 Å². The van der Waals surface area contributed by atoms with Crippen LogP contribution in [0.5, 0.6) is 0 Å². The first kappa shape index (κ1) is 18.9. The number of ether oxygens (including phenoxy) is 2. The van der Waals surface area contributed by atoms with Crippen LogP contribution in [0.4, 0.5) is 5.69 Å². The lowest BCUT2D eigenvalue weighted by molar-refractivity contribution is -0.165. The van der Waals surface area contributed by atoms with Crippen LogP contribution in [-0.2, 0) is 25.6 Å². The van der Waals surface area contributed by atoms with Crippen molar-refractivity contribution in [3.05, 3.63) is 12.4 Å². The van der Waals surface area contributed by atoms with E-state index in [4.69, 9.17) is 9.47 Å². The van der Waals surface area contributed by atoms with Crippen LogP contribution in [0.15, 0.2) is 12.4 Å². The summed E-state index contributed by atoms with van der Waals surface area (Å²) in [5, 5.41) is 7.19. The fourth-order valence-corrected chi connectivity index (χ4v) is 4.02. The maximum absolute atomic E-state index is 13.0. The van der Waals surface area contributed by atoms with Crippen LogP contribution in [0.2, 0.25) is 0 Å². The van der Waals surface area contributed by atoms with Crippen LogP contribution in [0.25, 0.3) is 0 Å². The largest absolute Gasteiger partial charge is 0.448 e. The van der Waals surface area contributed by atoms with E-state index in [2.05, 4.69) is 10.4 Å². The molecular weight excluding hydrogens is 334 g/mol. The van der Waals surface area contributed by atoms with E-state index in [0.29, 0.717) is 25.1 Å². The van der Waals surface area contributed by atoms with Crippen LogP contribution in [-0.4, -0.2) is 40.0 Å². The number of methoxy groups -OCH3 is 1. The van der Waals surface area contributed by atoms with E-state index < -0.39 is 16.4 Å². The summed E-state index contributed by atoms with van der Waals surface area (Å²) in [6.07, 6.45) is 5.41. The lowest BCUT2D eigenvalue weighted by Crippen LogP contribution is -2.50. The number of aromatic nitrogens is 2. The molecule has 1 N–H and O–H groups in total. The van der Waals surface area contributed by atoms with Crippen molar-refractivity contribution in [3.8, 4) is 0 Å². The number of fused-ring (bicyclic) bond motifs is 2. The van der Waals surface area contributed by atoms with Gasteiger partial charge in [-0.25, -0.2) is 0 Å². The molecule has 1 amide bonds. The average Bonchev–Trinajstić information content (AvgIpc) is 3.14. The molecule has 3 rings (SSSR count). The molecular formula is C19H29N3O4. The Balaban J connectivity index is 1.71. The summed E-state index contributed by atoms with van der Waals surface area (Å²) in [6, 6.07) is 0. The van der Waals surface area contributed by atoms with Gasteiger partial charge in [0.2, 0.25) is 0 Å². The third kappa shape index (κ3) is 2.55. The third-order valence-corrected chi connectivity index (χ3v) is 6.84. The molecule has 1 saturated heterocycles. The molecule has 26 heavy (non-hydrogen) atoms. The van der Waals surface area contributed by atoms with Gasteiger partial charge >= 0.3 is 5.97 Å². The second kappa shape index (κ2) is 5.81. The number of aryl methyl sites for hydroxylation is 1. The zero-order valence-corrected chi connectivity index (χ0v) is 16.5. The Bertz CT molecular complexity index is 739. The lowest BCUT2D eigenvalue weighted by atomic mass is 9.66. The van der Waals surface area contributed by atoms with E-state index in [-0.39, 0.29) is 17.5 Å². The van der Waals surface area contributed by atoms with Gasteiger partial charge in [-0.1, -0.05) is 13.8 Å². The highest BCUT2D eigenvalue weighted by molar-refractivity contribution is 6.03. The predicted molar refractivity (Wildman–Crippen MR) is 96.5 cm³/mol. The average molecular weight is 363 g/mol. The summed E-state index contributed by atoms with van der Waals surface area (Å²) in [4.78, 5) is 25.3. The molecule has 2 unspecified atom stereocenters. The van der Waals surface area contributed by atoms with Crippen molar-refractivity contribution in [1.29, 1.82) is 0 Å². The van der Waals surface area contributed by atoms with E-state index in [0.717, 1.165) is 6.42 Å². The van der Waals surface area contributed by atoms with E-state index in [1.165, 1.54) is 0 Å². The van der Waals surface area contributed by atoms with E-state index in [9.17, 15) is 9.59 Å². The number of carbonyl (C=O) groups is 2. The molecule has 1 aliphatic heterocycles. The molecule has 1 aromatic rings. The second-order valence-electron chi connectivity index (χ2n) is 8.83. The molecule has 2 fully saturated rings. The Morgan fingerprint density at radius 2 is 2.08 bits per heavy atom. The number of nitrogens with zero attached hydrogens (tertiary/aromatic N) is 2. The molecule has 0 spiro atoms. The highest BCUT2D eigenvalue weighted by Crippen LogP contribution is 2.65. The summed E-state index contributed by atoms with van der Waals surface area (Å²) in [5.74, 6) is -0.546. The lowest BCUT2D eigenvalue weighted by Gasteiger charge is -2.35. The summed E-state index contributed by atoms with van der Waals surface area (Å²) >= 11 is 0. The standard InChI is InChI=1S/C19H29N3O4/c1-16(2,25-6)9-10-22-12-13(11-20-22)21-14(23)19-8-7-18(5,15(24)26-19)17(19,3)4/h11-12H,7-10H2,1-6H3,(H,21,23). The van der Waals surface area contributed by atoms with Crippen LogP contribution in [0.1, 0.15) is 53.9 Å². The molecule has 2 atom stereocenters. The second-order valence-corrected chi connectivity index (χ2v) is 8.83. The van der Waals surface area contributed by atoms with Crippen molar-refractivity contribution in [1.82, 2.24) is 9.78 Å². The highest BCUT2D eigenvalue weighted by atomic mass is 16.6. The zero-order valence-electron chi connectivity index (χ0n) is 16.5. The minimum Gasteiger partial charge on any atom is -0.448 e. The third-order valence-electron chi connectivity index (χ3n) is 6.84. The molecule has 1 saturated carbocycles. The van der Waals surface area contributed by atoms with Crippen molar-refractivity contribution in [2.75, 3.05) is 12.4 Å². The number of hydrogen-bond acceptors (Lipinski definition) is 5. The van der Waals surface area contributed by atoms with Crippen molar-refractivity contribution >= 4 is 17.6 Å². The molecule has 7 heteroatoms. The summed E-state index contributed by atoms with van der Waals surface area (Å²) < 4.78 is 12.8. The Morgan fingerprint density at radius 1 is 1.38 bits per heavy atom. The zero-order chi connectivity index (χ0) is 19.4. The van der Waals surface area contributed by atoms with Crippen molar-refractivity contribution < 1.29 is 19.1 Å². The van der Waals surface area contributed by atoms with Gasteiger partial charge < -0.3 is 14.8 Å². The van der Waals surface area contributed by atoms with Gasteiger partial charge in [0.05, 0.1) is 22.9 Å². The number of carbonyl (C=O) groups excluding carboxylic acids is 2. The van der Waals surface area contributed by atoms with Gasteiger partial charge in [-0.2, -0.15) is 5.10 Å². The normalized spacial score (nSPS) is 29.7. The first-order chi connectivity index (χ1) is 12.0. The monoisotopic (exact) mass is 363 g/mol. The molecule has 0 radical (unpaired) electrons. The smallest absolute Gasteiger partial charge is 0.313 e. The Hall–Kier alpha value is -1.89. The fraction of sp³-hybridized carbons (Fsp3) is 0.737. The molecule has 2 aliphatic rings. The van der Waals surface area contributed by atoms with E-state index in [1.54, 1.807) is 24.2 Å². The van der Waals surface area contributed by atoms with Gasteiger partial charge in [0.15, 0.2) is 5.60 Å². The SMILES string of the molecule is COC(C)(C)CCn1cc(NC(=O)C23CCC(C)(C(=O)O2)C3(C)C)cn1. The minimum atomic E-state index is -1.11. The first-order valence-corrected chi connectivity index (χ1v) is 9.10. The summed E-state index contributed by atoms with van der Waals surface area (Å²) in [6.45, 7) is 10.5. The number of hydrogen-bond donors (Lipinski definition) is 1. The van der Waals surface area contributed by atoms with Gasteiger partial charge in [-0.15, -0.1) is 0 Å². The Morgan fingerprint density at radius 3 is 2.62 bits per heavy atom. The topological polar surface area (TPSA) is 82.5 Å². The van der Waals surface area contributed by atoms with Gasteiger partial charge in [0.25, 0.3) is 5.91 Å². The maximum atomic E-state index is 13.0. The first-order valence-electron chi connectivity index (χ1n) is 9.10. The molecule has 1 aromatic heterocycles. The number of amides is 1. The molecule has 144 valence electrons. The van der Waals surface area contributed by atoms with E-state index in [1.807, 2.05) is 34.6 Å². The summed E-state index contributed by atoms with van der Waals surface area (Å²) in [5.41, 5.74) is -1.91. The maximum Gasteiger partial charge on any atom is 0.313 e. The van der Waals surface area contributed by atoms with Crippen LogP contribution < -0.4 is 5.32 Å². The molecule has 2 bridgehead atoms. The van der Waals surface area contributed by atoms with Gasteiger partial charge in [0, 0.05) is 25.3 Å². The number of anilines is 1. The molecule has 2 heterocycles. The van der Waals surface area contributed by atoms with Gasteiger partial charge in [0.1, 0.15) is 0 Å². The molecule has 1 aliphatic carbocycles. The Labute approximate surface area is 154 Å².